The number of nitrogens with one attached hydrogen (secondary N) is 3. The van der Waals surface area contributed by atoms with E-state index in [4.69, 9.17) is 28.7 Å². The van der Waals surface area contributed by atoms with Gasteiger partial charge in [-0.25, -0.2) is 14.8 Å². The number of para-hydroxylation sites is 4. The molecule has 3 N–H and O–H groups in total. The van der Waals surface area contributed by atoms with E-state index in [0.717, 1.165) is 11.4 Å². The van der Waals surface area contributed by atoms with E-state index in [1.807, 2.05) is 89.2 Å². The van der Waals surface area contributed by atoms with Crippen LogP contribution in [0.5, 0.6) is 23.0 Å². The van der Waals surface area contributed by atoms with Crippen LogP contribution < -0.4 is 34.9 Å². The largest absolute Gasteiger partial charge is 0.493 e. The van der Waals surface area contributed by atoms with Gasteiger partial charge in [-0.1, -0.05) is 24.3 Å². The lowest BCUT2D eigenvalue weighted by molar-refractivity contribution is 0.0164. The highest BCUT2D eigenvalue weighted by atomic mass is 16.6. The molecule has 4 aromatic rings. The van der Waals surface area contributed by atoms with Gasteiger partial charge in [0.25, 0.3) is 0 Å². The van der Waals surface area contributed by atoms with Gasteiger partial charge < -0.3 is 44.5 Å². The van der Waals surface area contributed by atoms with Crippen molar-refractivity contribution in [2.45, 2.75) is 52.1 Å². The number of benzene rings is 3. The van der Waals surface area contributed by atoms with Crippen molar-refractivity contribution in [2.24, 2.45) is 0 Å². The molecule has 1 aliphatic heterocycles. The molecule has 0 unspecified atom stereocenters. The van der Waals surface area contributed by atoms with E-state index in [1.54, 1.807) is 43.5 Å². The molecule has 1 aliphatic rings. The highest BCUT2D eigenvalue weighted by Gasteiger charge is 2.43. The Hall–Kier alpha value is -5.39. The number of hydrogen-bond donors (Lipinski definition) is 3. The molecule has 1 amide bonds. The molecule has 0 saturated heterocycles. The average molecular weight is 643 g/mol. The van der Waals surface area contributed by atoms with Gasteiger partial charge in [-0.3, -0.25) is 0 Å². The molecule has 2 heterocycles. The minimum Gasteiger partial charge on any atom is -0.493 e. The third kappa shape index (κ3) is 7.89. The number of aromatic nitrogens is 2. The van der Waals surface area contributed by atoms with Crippen LogP contribution in [-0.4, -0.2) is 60.0 Å². The summed E-state index contributed by atoms with van der Waals surface area (Å²) >= 11 is 0. The molecule has 0 atom stereocenters. The van der Waals surface area contributed by atoms with Crippen LogP contribution >= 0.6 is 0 Å². The molecule has 3 aromatic carbocycles. The fourth-order valence-electron chi connectivity index (χ4n) is 4.95. The molecule has 12 heteroatoms. The highest BCUT2D eigenvalue weighted by molar-refractivity contribution is 5.76. The van der Waals surface area contributed by atoms with Crippen LogP contribution in [0.25, 0.3) is 0 Å². The zero-order valence-corrected chi connectivity index (χ0v) is 27.8. The van der Waals surface area contributed by atoms with Crippen molar-refractivity contribution in [3.8, 4) is 23.0 Å². The quantitative estimate of drug-likeness (QED) is 0.148. The molecular weight excluding hydrogens is 600 g/mol. The lowest BCUT2D eigenvalue weighted by atomic mass is 10.2. The van der Waals surface area contributed by atoms with E-state index in [9.17, 15) is 4.79 Å². The van der Waals surface area contributed by atoms with E-state index in [1.165, 1.54) is 0 Å². The van der Waals surface area contributed by atoms with Gasteiger partial charge in [0, 0.05) is 24.0 Å². The summed E-state index contributed by atoms with van der Waals surface area (Å²) in [7, 11) is 3.17. The van der Waals surface area contributed by atoms with Gasteiger partial charge in [0.05, 0.1) is 32.1 Å². The smallest absolute Gasteiger partial charge is 0.410 e. The third-order valence-corrected chi connectivity index (χ3v) is 7.16. The lowest BCUT2D eigenvalue weighted by Gasteiger charge is -2.31. The fraction of sp³-hybridized carbons (Fsp3) is 0.343. The maximum absolute atomic E-state index is 12.7. The summed E-state index contributed by atoms with van der Waals surface area (Å²) < 4.78 is 29.3. The monoisotopic (exact) mass is 642 g/mol. The van der Waals surface area contributed by atoms with Crippen LogP contribution in [-0.2, 0) is 10.6 Å². The van der Waals surface area contributed by atoms with Crippen LogP contribution in [0.3, 0.4) is 0 Å². The second-order valence-corrected chi connectivity index (χ2v) is 12.1. The van der Waals surface area contributed by atoms with Crippen LogP contribution in [0.2, 0.25) is 0 Å². The van der Waals surface area contributed by atoms with Gasteiger partial charge in [0.15, 0.2) is 23.0 Å². The minimum absolute atomic E-state index is 0.0549. The lowest BCUT2D eigenvalue weighted by Crippen LogP contribution is -2.45. The molecule has 0 radical (unpaired) electrons. The SMILES string of the molecule is COc1cc(Nc2nccc(C3(Oc4ccccc4OC)Nc4ccccc4N3)n2)ccc1OCCN(C(=O)OC(C)(C)C)C(C)C. The minimum atomic E-state index is -1.25. The maximum Gasteiger partial charge on any atom is 0.410 e. The predicted molar refractivity (Wildman–Crippen MR) is 181 cm³/mol. The van der Waals surface area contributed by atoms with Crippen LogP contribution in [0.15, 0.2) is 79.0 Å². The fourth-order valence-corrected chi connectivity index (χ4v) is 4.95. The Morgan fingerprint density at radius 3 is 2.19 bits per heavy atom. The number of amides is 1. The summed E-state index contributed by atoms with van der Waals surface area (Å²) in [5.41, 5.74) is 2.35. The Bertz CT molecular complexity index is 1670. The second-order valence-electron chi connectivity index (χ2n) is 12.1. The summed E-state index contributed by atoms with van der Waals surface area (Å²) in [6.45, 7) is 10.0. The van der Waals surface area contributed by atoms with Gasteiger partial charge in [0.2, 0.25) is 5.95 Å². The van der Waals surface area contributed by atoms with Gasteiger partial charge in [-0.2, -0.15) is 0 Å². The summed E-state index contributed by atoms with van der Waals surface area (Å²) in [5, 5.41) is 10.2. The van der Waals surface area contributed by atoms with Crippen molar-refractivity contribution < 1.29 is 28.5 Å². The standard InChI is InChI=1S/C35H42N6O6/c1-23(2)41(33(42)47-34(3,4)5)20-21-45-28-17-16-24(22-30(28)44-7)37-32-36-19-18-31(38-32)35(39-25-12-8-9-13-26(25)40-35)46-29-15-11-10-14-27(29)43-6/h8-19,22-23,39-40H,20-21H2,1-7H3,(H,36,37,38). The first kappa shape index (κ1) is 33.0. The van der Waals surface area contributed by atoms with Gasteiger partial charge in [-0.15, -0.1) is 0 Å². The van der Waals surface area contributed by atoms with Gasteiger partial charge >= 0.3 is 11.9 Å². The molecule has 5 rings (SSSR count). The summed E-state index contributed by atoms with van der Waals surface area (Å²) in [6, 6.07) is 22.4. The predicted octanol–water partition coefficient (Wildman–Crippen LogP) is 6.99. The summed E-state index contributed by atoms with van der Waals surface area (Å²) in [5.74, 6) is 1.22. The first-order valence-corrected chi connectivity index (χ1v) is 15.4. The van der Waals surface area contributed by atoms with E-state index < -0.39 is 11.4 Å². The number of nitrogens with zero attached hydrogens (tertiary/aromatic N) is 3. The number of methoxy groups -OCH3 is 2. The van der Waals surface area contributed by atoms with Crippen LogP contribution in [0.1, 0.15) is 40.3 Å². The first-order valence-electron chi connectivity index (χ1n) is 15.4. The van der Waals surface area contributed by atoms with Crippen molar-refractivity contribution in [1.29, 1.82) is 0 Å². The zero-order chi connectivity index (χ0) is 33.6. The molecule has 0 fully saturated rings. The van der Waals surface area contributed by atoms with Gasteiger partial charge in [-0.05, 0) is 77.1 Å². The maximum atomic E-state index is 12.7. The molecule has 1 aromatic heterocycles. The number of hydrogen-bond acceptors (Lipinski definition) is 11. The molecular formula is C35H42N6O6. The molecule has 0 bridgehead atoms. The van der Waals surface area contributed by atoms with Crippen molar-refractivity contribution in [1.82, 2.24) is 14.9 Å². The Labute approximate surface area is 275 Å². The normalized spacial score (nSPS) is 13.1. The highest BCUT2D eigenvalue weighted by Crippen LogP contribution is 2.42. The third-order valence-electron chi connectivity index (χ3n) is 7.16. The zero-order valence-electron chi connectivity index (χ0n) is 27.8. The number of rotatable bonds is 12. The van der Waals surface area contributed by atoms with Crippen molar-refractivity contribution >= 4 is 29.1 Å². The van der Waals surface area contributed by atoms with Gasteiger partial charge in [0.1, 0.15) is 17.9 Å². The number of fused-ring (bicyclic) bond motifs is 1. The summed E-state index contributed by atoms with van der Waals surface area (Å²) in [4.78, 5) is 23.6. The molecule has 12 nitrogen and oxygen atoms in total. The summed E-state index contributed by atoms with van der Waals surface area (Å²) in [6.07, 6.45) is 1.27. The number of carbonyl (C=O) groups excluding carboxylic acids is 1. The topological polar surface area (TPSA) is 128 Å². The van der Waals surface area contributed by atoms with Crippen molar-refractivity contribution in [3.05, 3.63) is 84.7 Å². The van der Waals surface area contributed by atoms with E-state index in [2.05, 4.69) is 20.9 Å². The second kappa shape index (κ2) is 13.9. The van der Waals surface area contributed by atoms with Crippen molar-refractivity contribution in [3.63, 3.8) is 0 Å². The number of anilines is 4. The Morgan fingerprint density at radius 1 is 0.894 bits per heavy atom. The Balaban J connectivity index is 1.33. The number of ether oxygens (including phenoxy) is 5. The molecule has 0 spiro atoms. The molecule has 47 heavy (non-hydrogen) atoms. The van der Waals surface area contributed by atoms with E-state index in [0.29, 0.717) is 46.9 Å². The van der Waals surface area contributed by atoms with E-state index >= 15 is 0 Å². The Morgan fingerprint density at radius 2 is 1.55 bits per heavy atom. The first-order chi connectivity index (χ1) is 22.5. The van der Waals surface area contributed by atoms with Crippen LogP contribution in [0, 0.1) is 0 Å². The van der Waals surface area contributed by atoms with Crippen molar-refractivity contribution in [2.75, 3.05) is 43.3 Å². The molecule has 0 aliphatic carbocycles. The average Bonchev–Trinajstić information content (AvgIpc) is 3.42. The Kier molecular flexibility index (Phi) is 9.78. The van der Waals surface area contributed by atoms with E-state index in [-0.39, 0.29) is 18.7 Å². The number of carbonyl (C=O) groups is 1. The van der Waals surface area contributed by atoms with Crippen LogP contribution in [0.4, 0.5) is 27.8 Å². The molecule has 248 valence electrons. The molecule has 0 saturated carbocycles.